The second kappa shape index (κ2) is 5.81. The molecule has 1 rings (SSSR count). The Morgan fingerprint density at radius 2 is 2.08 bits per heavy atom. The average molecular weight is 184 g/mol. The smallest absolute Gasteiger partial charge is 0.0208 e. The van der Waals surface area contributed by atoms with Gasteiger partial charge in [-0.05, 0) is 18.2 Å². The first-order valence-corrected chi connectivity index (χ1v) is 3.73. The zero-order valence-electron chi connectivity index (χ0n) is 7.21. The Bertz CT molecular complexity index is 245. The van der Waals surface area contributed by atoms with Crippen LogP contribution in [0, 0.1) is 0 Å². The molecule has 0 saturated heterocycles. The summed E-state index contributed by atoms with van der Waals surface area (Å²) in [5, 5.41) is 3.11. The highest BCUT2D eigenvalue weighted by Crippen LogP contribution is 2.08. The molecule has 0 aliphatic heterocycles. The number of benzene rings is 1. The van der Waals surface area contributed by atoms with Gasteiger partial charge < -0.3 is 5.32 Å². The summed E-state index contributed by atoms with van der Waals surface area (Å²) in [6.07, 6.45) is 1.88. The first-order valence-electron chi connectivity index (χ1n) is 3.73. The van der Waals surface area contributed by atoms with E-state index in [4.69, 9.17) is 0 Å². The minimum Gasteiger partial charge on any atom is -0.316 e. The molecule has 0 bridgehead atoms. The molecule has 1 nitrogen and oxygen atoms in total. The predicted octanol–water partition coefficient (Wildman–Crippen LogP) is 2.47. The van der Waals surface area contributed by atoms with Gasteiger partial charge in [0.1, 0.15) is 0 Å². The Kier molecular flexibility index (Phi) is 5.43. The standard InChI is InChI=1S/C10H13N.ClH/c1-3-9-6-4-5-7-10(9)8-11-2;/h3-7,11H,1,8H2,2H3;1H. The van der Waals surface area contributed by atoms with Crippen molar-refractivity contribution in [2.45, 2.75) is 6.54 Å². The minimum atomic E-state index is 0. The minimum absolute atomic E-state index is 0. The third-order valence-corrected chi connectivity index (χ3v) is 1.64. The molecule has 0 saturated carbocycles. The largest absolute Gasteiger partial charge is 0.316 e. The number of rotatable bonds is 3. The van der Waals surface area contributed by atoms with Gasteiger partial charge in [-0.25, -0.2) is 0 Å². The summed E-state index contributed by atoms with van der Waals surface area (Å²) in [4.78, 5) is 0. The van der Waals surface area contributed by atoms with Crippen molar-refractivity contribution >= 4 is 18.5 Å². The summed E-state index contributed by atoms with van der Waals surface area (Å²) >= 11 is 0. The van der Waals surface area contributed by atoms with Crippen molar-refractivity contribution in [2.75, 3.05) is 7.05 Å². The van der Waals surface area contributed by atoms with Crippen LogP contribution in [0.5, 0.6) is 0 Å². The molecule has 66 valence electrons. The molecule has 2 heteroatoms. The van der Waals surface area contributed by atoms with Crippen LogP contribution in [0.25, 0.3) is 6.08 Å². The third kappa shape index (κ3) is 2.68. The molecule has 1 aromatic carbocycles. The lowest BCUT2D eigenvalue weighted by atomic mass is 10.1. The van der Waals surface area contributed by atoms with E-state index < -0.39 is 0 Å². The van der Waals surface area contributed by atoms with Crippen LogP contribution in [0.1, 0.15) is 11.1 Å². The van der Waals surface area contributed by atoms with E-state index in [9.17, 15) is 0 Å². The Labute approximate surface area is 79.9 Å². The van der Waals surface area contributed by atoms with Crippen molar-refractivity contribution in [3.63, 3.8) is 0 Å². The highest BCUT2D eigenvalue weighted by atomic mass is 35.5. The van der Waals surface area contributed by atoms with Gasteiger partial charge >= 0.3 is 0 Å². The molecular formula is C10H14ClN. The number of halogens is 1. The van der Waals surface area contributed by atoms with Gasteiger partial charge in [0.25, 0.3) is 0 Å². The first-order chi connectivity index (χ1) is 5.38. The highest BCUT2D eigenvalue weighted by molar-refractivity contribution is 5.85. The van der Waals surface area contributed by atoms with Gasteiger partial charge in [-0.15, -0.1) is 12.4 Å². The fourth-order valence-electron chi connectivity index (χ4n) is 1.08. The van der Waals surface area contributed by atoms with Gasteiger partial charge in [-0.2, -0.15) is 0 Å². The molecule has 0 amide bonds. The van der Waals surface area contributed by atoms with E-state index in [1.165, 1.54) is 11.1 Å². The normalized spacial score (nSPS) is 8.75. The lowest BCUT2D eigenvalue weighted by Gasteiger charge is -2.03. The highest BCUT2D eigenvalue weighted by Gasteiger charge is 1.93. The van der Waals surface area contributed by atoms with Crippen molar-refractivity contribution < 1.29 is 0 Å². The van der Waals surface area contributed by atoms with Crippen molar-refractivity contribution in [2.24, 2.45) is 0 Å². The van der Waals surface area contributed by atoms with Crippen LogP contribution < -0.4 is 5.32 Å². The molecule has 0 aromatic heterocycles. The van der Waals surface area contributed by atoms with E-state index in [1.807, 2.05) is 25.3 Å². The summed E-state index contributed by atoms with van der Waals surface area (Å²) in [6, 6.07) is 8.24. The van der Waals surface area contributed by atoms with Gasteiger partial charge in [0.05, 0.1) is 0 Å². The van der Waals surface area contributed by atoms with Gasteiger partial charge in [-0.1, -0.05) is 36.9 Å². The zero-order valence-corrected chi connectivity index (χ0v) is 8.03. The molecule has 0 heterocycles. The van der Waals surface area contributed by atoms with E-state index >= 15 is 0 Å². The Balaban J connectivity index is 0.00000121. The molecular weight excluding hydrogens is 170 g/mol. The molecule has 0 aliphatic carbocycles. The number of hydrogen-bond acceptors (Lipinski definition) is 1. The lowest BCUT2D eigenvalue weighted by molar-refractivity contribution is 0.816. The molecule has 0 radical (unpaired) electrons. The van der Waals surface area contributed by atoms with E-state index in [0.29, 0.717) is 0 Å². The molecule has 0 aliphatic rings. The Morgan fingerprint density at radius 1 is 1.42 bits per heavy atom. The zero-order chi connectivity index (χ0) is 8.10. The van der Waals surface area contributed by atoms with Crippen LogP contribution >= 0.6 is 12.4 Å². The van der Waals surface area contributed by atoms with Crippen LogP contribution in [0.2, 0.25) is 0 Å². The molecule has 0 spiro atoms. The van der Waals surface area contributed by atoms with Gasteiger partial charge in [0.2, 0.25) is 0 Å². The molecule has 12 heavy (non-hydrogen) atoms. The van der Waals surface area contributed by atoms with Crippen LogP contribution in [-0.2, 0) is 6.54 Å². The predicted molar refractivity (Wildman–Crippen MR) is 56.5 cm³/mol. The maximum Gasteiger partial charge on any atom is 0.0208 e. The second-order valence-corrected chi connectivity index (χ2v) is 2.43. The van der Waals surface area contributed by atoms with Crippen LogP contribution in [0.4, 0.5) is 0 Å². The van der Waals surface area contributed by atoms with Gasteiger partial charge in [-0.3, -0.25) is 0 Å². The number of hydrogen-bond donors (Lipinski definition) is 1. The summed E-state index contributed by atoms with van der Waals surface area (Å²) < 4.78 is 0. The summed E-state index contributed by atoms with van der Waals surface area (Å²) in [7, 11) is 1.94. The SMILES string of the molecule is C=Cc1ccccc1CNC.Cl. The van der Waals surface area contributed by atoms with Crippen molar-refractivity contribution in [3.8, 4) is 0 Å². The molecule has 0 unspecified atom stereocenters. The van der Waals surface area contributed by atoms with Crippen LogP contribution in [0.3, 0.4) is 0 Å². The lowest BCUT2D eigenvalue weighted by Crippen LogP contribution is -2.05. The van der Waals surface area contributed by atoms with Crippen LogP contribution in [0.15, 0.2) is 30.8 Å². The summed E-state index contributed by atoms with van der Waals surface area (Å²) in [5.41, 5.74) is 2.51. The maximum absolute atomic E-state index is 3.75. The fourth-order valence-corrected chi connectivity index (χ4v) is 1.08. The molecule has 1 aromatic rings. The van der Waals surface area contributed by atoms with Crippen molar-refractivity contribution in [1.82, 2.24) is 5.32 Å². The monoisotopic (exact) mass is 183 g/mol. The van der Waals surface area contributed by atoms with Crippen molar-refractivity contribution in [3.05, 3.63) is 42.0 Å². The van der Waals surface area contributed by atoms with E-state index in [0.717, 1.165) is 6.54 Å². The van der Waals surface area contributed by atoms with Gasteiger partial charge in [0, 0.05) is 6.54 Å². The van der Waals surface area contributed by atoms with E-state index in [-0.39, 0.29) is 12.4 Å². The third-order valence-electron chi connectivity index (χ3n) is 1.64. The van der Waals surface area contributed by atoms with E-state index in [2.05, 4.69) is 24.0 Å². The Morgan fingerprint density at radius 3 is 2.67 bits per heavy atom. The van der Waals surface area contributed by atoms with E-state index in [1.54, 1.807) is 0 Å². The summed E-state index contributed by atoms with van der Waals surface area (Å²) in [5.74, 6) is 0. The first kappa shape index (κ1) is 11.2. The second-order valence-electron chi connectivity index (χ2n) is 2.43. The molecule has 1 N–H and O–H groups in total. The maximum atomic E-state index is 3.75. The van der Waals surface area contributed by atoms with Crippen molar-refractivity contribution in [1.29, 1.82) is 0 Å². The average Bonchev–Trinajstić information content (AvgIpc) is 2.06. The number of nitrogens with one attached hydrogen (secondary N) is 1. The Hall–Kier alpha value is -0.790. The summed E-state index contributed by atoms with van der Waals surface area (Å²) in [6.45, 7) is 4.65. The molecule has 0 atom stereocenters. The van der Waals surface area contributed by atoms with Crippen LogP contribution in [-0.4, -0.2) is 7.05 Å². The fraction of sp³-hybridized carbons (Fsp3) is 0.200. The quantitative estimate of drug-likeness (QED) is 0.760. The van der Waals surface area contributed by atoms with Gasteiger partial charge in [0.15, 0.2) is 0 Å². The molecule has 0 fully saturated rings. The topological polar surface area (TPSA) is 12.0 Å².